The molecule has 0 saturated heterocycles. The van der Waals surface area contributed by atoms with Crippen molar-refractivity contribution in [2.75, 3.05) is 0 Å². The van der Waals surface area contributed by atoms with Crippen molar-refractivity contribution in [1.82, 2.24) is 5.32 Å². The van der Waals surface area contributed by atoms with Crippen LogP contribution in [0.3, 0.4) is 0 Å². The van der Waals surface area contributed by atoms with Gasteiger partial charge in [0.1, 0.15) is 0 Å². The molecule has 0 bridgehead atoms. The number of aliphatic hydroxyl groups excluding tert-OH is 1. The van der Waals surface area contributed by atoms with Gasteiger partial charge >= 0.3 is 5.97 Å². The Morgan fingerprint density at radius 1 is 1.55 bits per heavy atom. The van der Waals surface area contributed by atoms with E-state index in [-0.39, 0.29) is 5.48 Å². The second kappa shape index (κ2) is 5.39. The number of nitrogens with one attached hydrogen (secondary N) is 1. The third-order valence-electron chi connectivity index (χ3n) is 0.698. The van der Waals surface area contributed by atoms with Crippen LogP contribution in [0.4, 0.5) is 0 Å². The van der Waals surface area contributed by atoms with Crippen molar-refractivity contribution in [2.24, 2.45) is 0 Å². The Morgan fingerprint density at radius 3 is 2.27 bits per heavy atom. The van der Waals surface area contributed by atoms with Crippen LogP contribution in [0.2, 0.25) is 0 Å². The summed E-state index contributed by atoms with van der Waals surface area (Å²) in [6.45, 7) is 3.06. The van der Waals surface area contributed by atoms with E-state index in [9.17, 15) is 9.59 Å². The summed E-state index contributed by atoms with van der Waals surface area (Å²) in [7, 11) is 0. The van der Waals surface area contributed by atoms with Gasteiger partial charge in [0.25, 0.3) is 0 Å². The largest absolute Gasteiger partial charge is 0.478 e. The van der Waals surface area contributed by atoms with Gasteiger partial charge in [-0.15, -0.1) is 0 Å². The van der Waals surface area contributed by atoms with Crippen LogP contribution >= 0.6 is 0 Å². The van der Waals surface area contributed by atoms with Crippen LogP contribution < -0.4 is 5.32 Å². The van der Waals surface area contributed by atoms with Gasteiger partial charge in [-0.3, -0.25) is 4.79 Å². The molecule has 1 unspecified atom stereocenters. The fraction of sp³-hybridized carbons (Fsp3) is 0.200. The molecule has 11 heavy (non-hydrogen) atoms. The maximum atomic E-state index is 10.3. The average Bonchev–Trinajstić information content (AvgIpc) is 1.87. The zero-order valence-corrected chi connectivity index (χ0v) is 5.57. The quantitative estimate of drug-likeness (QED) is 0.325. The Bertz CT molecular complexity index is 166. The molecule has 0 aliphatic rings. The lowest BCUT2D eigenvalue weighted by Gasteiger charge is -2.03. The van der Waals surface area contributed by atoms with Crippen molar-refractivity contribution in [3.8, 4) is 0 Å². The molecule has 0 saturated carbocycles. The molecule has 0 aliphatic carbocycles. The van der Waals surface area contributed by atoms with Gasteiger partial charge in [0, 0.05) is 0 Å². The predicted octanol–water partition coefficient (Wildman–Crippen LogP) is -2.13. The summed E-state index contributed by atoms with van der Waals surface area (Å²) in [6.07, 6.45) is -0.989. The number of hydrogen-bond donors (Lipinski definition) is 3. The summed E-state index contributed by atoms with van der Waals surface area (Å²) in [5.41, 5.74) is 0. The molecule has 6 heteroatoms. The molecule has 5 N–H and O–H groups in total. The fourth-order valence-electron chi connectivity index (χ4n) is 0.255. The van der Waals surface area contributed by atoms with Crippen molar-refractivity contribution >= 4 is 11.9 Å². The molecule has 0 aromatic carbocycles. The summed E-state index contributed by atoms with van der Waals surface area (Å²) in [6, 6.07) is 0. The molecular formula is C5H9NO5. The Morgan fingerprint density at radius 2 is 2.00 bits per heavy atom. The van der Waals surface area contributed by atoms with Crippen LogP contribution in [-0.2, 0) is 9.59 Å². The molecule has 0 aromatic heterocycles. The molecule has 0 fully saturated rings. The molecule has 6 nitrogen and oxygen atoms in total. The number of carbonyl (C=O) groups is 2. The Labute approximate surface area is 62.5 Å². The first-order chi connectivity index (χ1) is 4.57. The first-order valence-corrected chi connectivity index (χ1v) is 2.41. The van der Waals surface area contributed by atoms with E-state index in [1.807, 2.05) is 0 Å². The number of aliphatic carboxylic acids is 1. The number of carboxylic acid groups (broad SMARTS) is 1. The minimum atomic E-state index is -1.86. The lowest BCUT2D eigenvalue weighted by molar-refractivity contribution is -0.150. The number of rotatable bonds is 3. The highest BCUT2D eigenvalue weighted by atomic mass is 16.4. The van der Waals surface area contributed by atoms with Crippen LogP contribution in [0.5, 0.6) is 0 Å². The van der Waals surface area contributed by atoms with E-state index in [0.717, 1.165) is 6.08 Å². The summed E-state index contributed by atoms with van der Waals surface area (Å²) in [4.78, 5) is 20.1. The minimum Gasteiger partial charge on any atom is -0.478 e. The molecular weight excluding hydrogens is 154 g/mol. The van der Waals surface area contributed by atoms with E-state index in [4.69, 9.17) is 10.2 Å². The van der Waals surface area contributed by atoms with E-state index in [1.165, 1.54) is 0 Å². The molecule has 0 heterocycles. The third kappa shape index (κ3) is 5.07. The van der Waals surface area contributed by atoms with Crippen molar-refractivity contribution in [1.29, 1.82) is 0 Å². The average molecular weight is 163 g/mol. The Kier molecular flexibility index (Phi) is 6.02. The van der Waals surface area contributed by atoms with E-state index < -0.39 is 18.1 Å². The van der Waals surface area contributed by atoms with Crippen molar-refractivity contribution < 1.29 is 25.3 Å². The molecule has 0 spiro atoms. The van der Waals surface area contributed by atoms with Crippen LogP contribution in [0.25, 0.3) is 0 Å². The van der Waals surface area contributed by atoms with E-state index >= 15 is 0 Å². The second-order valence-corrected chi connectivity index (χ2v) is 1.45. The second-order valence-electron chi connectivity index (χ2n) is 1.45. The molecule has 0 aromatic rings. The first kappa shape index (κ1) is 12.3. The Balaban J connectivity index is 0. The standard InChI is InChI=1S/C5H7NO4.H2O/c1-2-3(7)6-4(8)5(9)10;/h2,4,8H,1H2,(H,6,7)(H,9,10);1H2. The van der Waals surface area contributed by atoms with Gasteiger partial charge in [-0.2, -0.15) is 0 Å². The maximum absolute atomic E-state index is 10.3. The van der Waals surface area contributed by atoms with Crippen molar-refractivity contribution in [2.45, 2.75) is 6.23 Å². The number of carbonyl (C=O) groups excluding carboxylic acids is 1. The molecule has 1 atom stereocenters. The highest BCUT2D eigenvalue weighted by Crippen LogP contribution is 1.76. The number of amides is 1. The van der Waals surface area contributed by atoms with Gasteiger partial charge in [0.2, 0.25) is 12.1 Å². The number of aliphatic hydroxyl groups is 1. The van der Waals surface area contributed by atoms with Crippen LogP contribution in [0.15, 0.2) is 12.7 Å². The van der Waals surface area contributed by atoms with Crippen LogP contribution in [0, 0.1) is 0 Å². The number of carboxylic acids is 1. The number of hydrogen-bond acceptors (Lipinski definition) is 3. The topological polar surface area (TPSA) is 118 Å². The SMILES string of the molecule is C=CC(=O)NC(O)C(=O)O.O. The van der Waals surface area contributed by atoms with E-state index in [1.54, 1.807) is 5.32 Å². The zero-order chi connectivity index (χ0) is 8.15. The van der Waals surface area contributed by atoms with Gasteiger partial charge in [-0.25, -0.2) is 4.79 Å². The molecule has 64 valence electrons. The van der Waals surface area contributed by atoms with Crippen LogP contribution in [0.1, 0.15) is 0 Å². The first-order valence-electron chi connectivity index (χ1n) is 2.41. The van der Waals surface area contributed by atoms with Gasteiger partial charge in [0.05, 0.1) is 0 Å². The normalized spacial score (nSPS) is 10.6. The Hall–Kier alpha value is -1.40. The lowest BCUT2D eigenvalue weighted by atomic mass is 10.5. The van der Waals surface area contributed by atoms with Crippen molar-refractivity contribution in [3.63, 3.8) is 0 Å². The summed E-state index contributed by atoms with van der Waals surface area (Å²) in [5, 5.41) is 18.2. The van der Waals surface area contributed by atoms with Gasteiger partial charge in [0.15, 0.2) is 0 Å². The zero-order valence-electron chi connectivity index (χ0n) is 5.57. The lowest BCUT2D eigenvalue weighted by Crippen LogP contribution is -2.39. The molecule has 0 rings (SSSR count). The molecule has 0 radical (unpaired) electrons. The van der Waals surface area contributed by atoms with Crippen molar-refractivity contribution in [3.05, 3.63) is 12.7 Å². The highest BCUT2D eigenvalue weighted by molar-refractivity contribution is 5.89. The highest BCUT2D eigenvalue weighted by Gasteiger charge is 2.13. The minimum absolute atomic E-state index is 0. The van der Waals surface area contributed by atoms with Gasteiger partial charge in [-0.05, 0) is 6.08 Å². The van der Waals surface area contributed by atoms with E-state index in [2.05, 4.69) is 6.58 Å². The van der Waals surface area contributed by atoms with Gasteiger partial charge < -0.3 is 21.0 Å². The van der Waals surface area contributed by atoms with Gasteiger partial charge in [-0.1, -0.05) is 6.58 Å². The summed E-state index contributed by atoms with van der Waals surface area (Å²) >= 11 is 0. The predicted molar refractivity (Wildman–Crippen MR) is 35.6 cm³/mol. The monoisotopic (exact) mass is 163 g/mol. The molecule has 0 aliphatic heterocycles. The van der Waals surface area contributed by atoms with E-state index in [0.29, 0.717) is 0 Å². The van der Waals surface area contributed by atoms with Crippen LogP contribution in [-0.4, -0.2) is 33.8 Å². The smallest absolute Gasteiger partial charge is 0.353 e. The summed E-state index contributed by atoms with van der Waals surface area (Å²) in [5.74, 6) is -2.23. The fourth-order valence-corrected chi connectivity index (χ4v) is 0.255. The molecule has 1 amide bonds. The summed E-state index contributed by atoms with van der Waals surface area (Å²) < 4.78 is 0. The maximum Gasteiger partial charge on any atom is 0.353 e. The third-order valence-corrected chi connectivity index (χ3v) is 0.698.